The summed E-state index contributed by atoms with van der Waals surface area (Å²) in [5.74, 6) is -0.0333. The van der Waals surface area contributed by atoms with Crippen molar-refractivity contribution in [3.63, 3.8) is 0 Å². The van der Waals surface area contributed by atoms with Crippen LogP contribution in [0.3, 0.4) is 0 Å². The van der Waals surface area contributed by atoms with E-state index in [4.69, 9.17) is 0 Å². The highest BCUT2D eigenvalue weighted by Crippen LogP contribution is 2.45. The van der Waals surface area contributed by atoms with Crippen molar-refractivity contribution in [3.8, 4) is 0 Å². The quantitative estimate of drug-likeness (QED) is 0.728. The Morgan fingerprint density at radius 2 is 1.71 bits per heavy atom. The van der Waals surface area contributed by atoms with Crippen LogP contribution in [0.2, 0.25) is 0 Å². The van der Waals surface area contributed by atoms with E-state index in [0.717, 1.165) is 12.8 Å². The molecule has 0 amide bonds. The van der Waals surface area contributed by atoms with Gasteiger partial charge in [0.15, 0.2) is 5.78 Å². The molecule has 1 aromatic carbocycles. The molecule has 17 heavy (non-hydrogen) atoms. The fourth-order valence-corrected chi connectivity index (χ4v) is 2.68. The molecule has 1 aliphatic rings. The first kappa shape index (κ1) is 12.2. The Morgan fingerprint density at radius 3 is 2.12 bits per heavy atom. The molecule has 0 heterocycles. The zero-order valence-corrected chi connectivity index (χ0v) is 9.88. The van der Waals surface area contributed by atoms with E-state index in [1.807, 2.05) is 0 Å². The second-order valence-electron chi connectivity index (χ2n) is 4.80. The van der Waals surface area contributed by atoms with E-state index < -0.39 is 11.8 Å². The van der Waals surface area contributed by atoms with E-state index >= 15 is 0 Å². The maximum Gasteiger partial charge on any atom is 0.248 e. The van der Waals surface area contributed by atoms with E-state index in [0.29, 0.717) is 24.0 Å². The van der Waals surface area contributed by atoms with Gasteiger partial charge < -0.3 is 0 Å². The zero-order valence-electron chi connectivity index (χ0n) is 9.88. The molecule has 1 saturated carbocycles. The van der Waals surface area contributed by atoms with Gasteiger partial charge in [-0.25, -0.2) is 8.78 Å². The van der Waals surface area contributed by atoms with E-state index in [2.05, 4.69) is 0 Å². The molecule has 92 valence electrons. The van der Waals surface area contributed by atoms with Gasteiger partial charge in [-0.3, -0.25) is 4.79 Å². The third-order valence-corrected chi connectivity index (χ3v) is 3.78. The second-order valence-corrected chi connectivity index (χ2v) is 4.80. The maximum absolute atomic E-state index is 13.3. The van der Waals surface area contributed by atoms with E-state index in [9.17, 15) is 13.6 Å². The highest BCUT2D eigenvalue weighted by molar-refractivity contribution is 5.94. The van der Waals surface area contributed by atoms with Gasteiger partial charge in [-0.1, -0.05) is 37.1 Å². The molecule has 1 fully saturated rings. The molecule has 3 heteroatoms. The van der Waals surface area contributed by atoms with Gasteiger partial charge in [0.1, 0.15) is 0 Å². The van der Waals surface area contributed by atoms with Crippen LogP contribution in [-0.2, 0) is 5.41 Å². The number of hydrogen-bond acceptors (Lipinski definition) is 1. The van der Waals surface area contributed by atoms with Crippen LogP contribution in [0.4, 0.5) is 8.78 Å². The molecule has 2 rings (SSSR count). The molecule has 1 aromatic rings. The van der Waals surface area contributed by atoms with Gasteiger partial charge in [-0.15, -0.1) is 0 Å². The van der Waals surface area contributed by atoms with Crippen molar-refractivity contribution < 1.29 is 13.6 Å². The topological polar surface area (TPSA) is 17.1 Å². The molecule has 1 nitrogen and oxygen atoms in total. The lowest BCUT2D eigenvalue weighted by Gasteiger charge is -2.28. The fraction of sp³-hybridized carbons (Fsp3) is 0.500. The lowest BCUT2D eigenvalue weighted by atomic mass is 9.79. The number of carbonyl (C=O) groups is 1. The summed E-state index contributed by atoms with van der Waals surface area (Å²) < 4.78 is 26.5. The fourth-order valence-electron chi connectivity index (χ4n) is 2.68. The van der Waals surface area contributed by atoms with Crippen molar-refractivity contribution >= 4 is 5.78 Å². The van der Waals surface area contributed by atoms with E-state index in [-0.39, 0.29) is 5.78 Å². The summed E-state index contributed by atoms with van der Waals surface area (Å²) in [6, 6.07) is 6.68. The smallest absolute Gasteiger partial charge is 0.248 e. The predicted octanol–water partition coefficient (Wildman–Crippen LogP) is 3.97. The first-order valence-electron chi connectivity index (χ1n) is 5.96. The number of carbonyl (C=O) groups excluding carboxylic acids is 1. The van der Waals surface area contributed by atoms with Gasteiger partial charge in [0, 0.05) is 5.56 Å². The molecular formula is C14H16F2O. The van der Waals surface area contributed by atoms with Crippen LogP contribution in [0.5, 0.6) is 0 Å². The van der Waals surface area contributed by atoms with Crippen LogP contribution in [0.15, 0.2) is 24.3 Å². The van der Waals surface area contributed by atoms with Gasteiger partial charge in [0.25, 0.3) is 0 Å². The summed E-state index contributed by atoms with van der Waals surface area (Å²) in [6.45, 7) is 1.48. The molecule has 0 atom stereocenters. The molecular weight excluding hydrogens is 222 g/mol. The van der Waals surface area contributed by atoms with E-state index in [1.54, 1.807) is 24.3 Å². The van der Waals surface area contributed by atoms with Gasteiger partial charge in [-0.2, -0.15) is 0 Å². The number of ketones is 1. The van der Waals surface area contributed by atoms with Crippen molar-refractivity contribution in [2.75, 3.05) is 0 Å². The summed E-state index contributed by atoms with van der Waals surface area (Å²) in [5, 5.41) is 0. The van der Waals surface area contributed by atoms with Crippen LogP contribution < -0.4 is 0 Å². The van der Waals surface area contributed by atoms with Gasteiger partial charge in [-0.05, 0) is 25.3 Å². The largest absolute Gasteiger partial charge is 0.295 e. The highest BCUT2D eigenvalue weighted by atomic mass is 19.3. The molecule has 0 aromatic heterocycles. The Kier molecular flexibility index (Phi) is 3.27. The SMILES string of the molecule is CC(=O)c1ccc(C2(C(F)F)CCCC2)cc1. The number of rotatable bonds is 3. The third-order valence-electron chi connectivity index (χ3n) is 3.78. The molecule has 0 radical (unpaired) electrons. The van der Waals surface area contributed by atoms with Gasteiger partial charge in [0.05, 0.1) is 5.41 Å². The Balaban J connectivity index is 2.34. The van der Waals surface area contributed by atoms with Gasteiger partial charge >= 0.3 is 0 Å². The second kappa shape index (κ2) is 4.55. The zero-order chi connectivity index (χ0) is 12.5. The van der Waals surface area contributed by atoms with E-state index in [1.165, 1.54) is 6.92 Å². The molecule has 0 unspecified atom stereocenters. The number of Topliss-reactive ketones (excluding diaryl/α,β-unsaturated/α-hetero) is 1. The minimum atomic E-state index is -2.33. The number of alkyl halides is 2. The average molecular weight is 238 g/mol. The number of hydrogen-bond donors (Lipinski definition) is 0. The summed E-state index contributed by atoms with van der Waals surface area (Å²) >= 11 is 0. The number of halogens is 2. The van der Waals surface area contributed by atoms with Crippen LogP contribution in [0, 0.1) is 0 Å². The van der Waals surface area contributed by atoms with Crippen molar-refractivity contribution in [1.82, 2.24) is 0 Å². The van der Waals surface area contributed by atoms with Gasteiger partial charge in [0.2, 0.25) is 6.43 Å². The minimum Gasteiger partial charge on any atom is -0.295 e. The molecule has 0 spiro atoms. The Morgan fingerprint density at radius 1 is 1.18 bits per heavy atom. The highest BCUT2D eigenvalue weighted by Gasteiger charge is 2.43. The van der Waals surface area contributed by atoms with Crippen LogP contribution >= 0.6 is 0 Å². The standard InChI is InChI=1S/C14H16F2O/c1-10(17)11-4-6-12(7-5-11)14(13(15)16)8-2-3-9-14/h4-7,13H,2-3,8-9H2,1H3. The molecule has 0 aliphatic heterocycles. The Labute approximate surface area is 99.8 Å². The Bertz CT molecular complexity index is 403. The molecule has 0 bridgehead atoms. The average Bonchev–Trinajstić information content (AvgIpc) is 2.79. The summed E-state index contributed by atoms with van der Waals surface area (Å²) in [4.78, 5) is 11.1. The lowest BCUT2D eigenvalue weighted by molar-refractivity contribution is 0.0522. The minimum absolute atomic E-state index is 0.0333. The lowest BCUT2D eigenvalue weighted by Crippen LogP contribution is -2.31. The number of benzene rings is 1. The first-order chi connectivity index (χ1) is 8.06. The van der Waals surface area contributed by atoms with Crippen molar-refractivity contribution in [2.45, 2.75) is 44.4 Å². The molecule has 1 aliphatic carbocycles. The molecule has 0 N–H and O–H groups in total. The molecule has 0 saturated heterocycles. The van der Waals surface area contributed by atoms with Crippen molar-refractivity contribution in [2.24, 2.45) is 0 Å². The summed E-state index contributed by atoms with van der Waals surface area (Å²) in [5.41, 5.74) is 0.279. The third kappa shape index (κ3) is 2.11. The predicted molar refractivity (Wildman–Crippen MR) is 62.6 cm³/mol. The van der Waals surface area contributed by atoms with Crippen LogP contribution in [-0.4, -0.2) is 12.2 Å². The first-order valence-corrected chi connectivity index (χ1v) is 5.96. The maximum atomic E-state index is 13.3. The van der Waals surface area contributed by atoms with Crippen molar-refractivity contribution in [3.05, 3.63) is 35.4 Å². The van der Waals surface area contributed by atoms with Crippen molar-refractivity contribution in [1.29, 1.82) is 0 Å². The summed E-state index contributed by atoms with van der Waals surface area (Å²) in [6.07, 6.45) is 0.486. The summed E-state index contributed by atoms with van der Waals surface area (Å²) in [7, 11) is 0. The Hall–Kier alpha value is -1.25. The normalized spacial score (nSPS) is 18.6. The monoisotopic (exact) mass is 238 g/mol. The van der Waals surface area contributed by atoms with Crippen LogP contribution in [0.1, 0.15) is 48.5 Å². The van der Waals surface area contributed by atoms with Crippen LogP contribution in [0.25, 0.3) is 0 Å².